The first kappa shape index (κ1) is 20.2. The van der Waals surface area contributed by atoms with Crippen LogP contribution in [0.25, 0.3) is 11.3 Å². The van der Waals surface area contributed by atoms with Crippen molar-refractivity contribution in [2.24, 2.45) is 0 Å². The van der Waals surface area contributed by atoms with E-state index >= 15 is 0 Å². The van der Waals surface area contributed by atoms with Crippen molar-refractivity contribution in [2.45, 2.75) is 18.5 Å². The van der Waals surface area contributed by atoms with Crippen LogP contribution in [0.2, 0.25) is 10.0 Å². The molecule has 0 spiro atoms. The first-order chi connectivity index (χ1) is 14.1. The molecule has 4 rings (SSSR count). The highest BCUT2D eigenvalue weighted by Gasteiger charge is 2.41. The predicted molar refractivity (Wildman–Crippen MR) is 118 cm³/mol. The molecule has 2 N–H and O–H groups in total. The summed E-state index contributed by atoms with van der Waals surface area (Å²) in [5, 5.41) is 14.3. The predicted octanol–water partition coefficient (Wildman–Crippen LogP) is 5.00. The second-order valence-electron chi connectivity index (χ2n) is 6.73. The van der Waals surface area contributed by atoms with Gasteiger partial charge in [-0.15, -0.1) is 0 Å². The topological polar surface area (TPSA) is 61.5 Å². The largest absolute Gasteiger partial charge is 0.459 e. The van der Waals surface area contributed by atoms with Gasteiger partial charge in [0.2, 0.25) is 0 Å². The van der Waals surface area contributed by atoms with E-state index in [0.717, 1.165) is 17.0 Å². The van der Waals surface area contributed by atoms with E-state index in [1.54, 1.807) is 18.3 Å². The zero-order chi connectivity index (χ0) is 20.4. The fourth-order valence-corrected chi connectivity index (χ4v) is 4.14. The smallest absolute Gasteiger partial charge is 0.170 e. The van der Waals surface area contributed by atoms with E-state index in [2.05, 4.69) is 10.3 Å². The number of nitrogens with zero attached hydrogens (tertiary/aromatic N) is 2. The Morgan fingerprint density at radius 1 is 1.14 bits per heavy atom. The maximum Gasteiger partial charge on any atom is 0.170 e. The number of thiocarbonyl (C=S) groups is 1. The van der Waals surface area contributed by atoms with Gasteiger partial charge in [-0.3, -0.25) is 4.98 Å². The van der Waals surface area contributed by atoms with Gasteiger partial charge in [0.1, 0.15) is 17.6 Å². The number of furan rings is 1. The van der Waals surface area contributed by atoms with Crippen LogP contribution in [-0.2, 0) is 0 Å². The quantitative estimate of drug-likeness (QED) is 0.518. The van der Waals surface area contributed by atoms with Gasteiger partial charge < -0.3 is 19.7 Å². The minimum absolute atomic E-state index is 0.0900. The van der Waals surface area contributed by atoms with E-state index in [9.17, 15) is 5.11 Å². The molecule has 1 aliphatic rings. The van der Waals surface area contributed by atoms with Crippen molar-refractivity contribution in [2.75, 3.05) is 13.2 Å². The molecule has 0 aliphatic carbocycles. The number of nitrogens with one attached hydrogen (secondary N) is 1. The van der Waals surface area contributed by atoms with Crippen molar-refractivity contribution in [3.8, 4) is 11.3 Å². The Morgan fingerprint density at radius 3 is 2.72 bits per heavy atom. The molecule has 1 saturated heterocycles. The van der Waals surface area contributed by atoms with Crippen LogP contribution >= 0.6 is 35.4 Å². The van der Waals surface area contributed by atoms with Crippen LogP contribution in [0, 0.1) is 0 Å². The second-order valence-corrected chi connectivity index (χ2v) is 7.93. The Hall–Kier alpha value is -2.12. The molecule has 0 unspecified atom stereocenters. The standard InChI is InChI=1S/C21H19Cl2N3O2S/c22-14-6-5-13(12-15(14)23)17-7-8-18(28-17)20-19(16-4-1-2-9-24-16)25-21(29)26(20)10-3-11-27/h1-2,4-9,12,19-20,27H,3,10-11H2,(H,25,29)/t19-,20+/m1/s1. The van der Waals surface area contributed by atoms with Crippen LogP contribution in [0.15, 0.2) is 59.1 Å². The molecule has 29 heavy (non-hydrogen) atoms. The Labute approximate surface area is 184 Å². The average Bonchev–Trinajstić information content (AvgIpc) is 3.34. The number of pyridine rings is 1. The van der Waals surface area contributed by atoms with Crippen LogP contribution in [-0.4, -0.2) is 33.3 Å². The summed E-state index contributed by atoms with van der Waals surface area (Å²) in [6.45, 7) is 0.700. The molecule has 3 aromatic rings. The van der Waals surface area contributed by atoms with E-state index in [-0.39, 0.29) is 18.7 Å². The Morgan fingerprint density at radius 2 is 2.00 bits per heavy atom. The first-order valence-corrected chi connectivity index (χ1v) is 10.4. The van der Waals surface area contributed by atoms with Crippen LogP contribution in [0.3, 0.4) is 0 Å². The fraction of sp³-hybridized carbons (Fsp3) is 0.238. The lowest BCUT2D eigenvalue weighted by atomic mass is 10.0. The Bertz CT molecular complexity index is 1010. The number of rotatable bonds is 6. The monoisotopic (exact) mass is 447 g/mol. The second kappa shape index (κ2) is 8.71. The van der Waals surface area contributed by atoms with Crippen molar-refractivity contribution in [3.05, 3.63) is 76.2 Å². The molecule has 1 fully saturated rings. The number of halogens is 2. The molecular weight excluding hydrogens is 429 g/mol. The van der Waals surface area contributed by atoms with Crippen molar-refractivity contribution in [1.29, 1.82) is 0 Å². The summed E-state index contributed by atoms with van der Waals surface area (Å²) in [6, 6.07) is 14.7. The van der Waals surface area contributed by atoms with Gasteiger partial charge in [0.05, 0.1) is 21.8 Å². The SMILES string of the molecule is OCCCN1C(=S)N[C@H](c2ccccn2)[C@@H]1c1ccc(-c2ccc(Cl)c(Cl)c2)o1. The van der Waals surface area contributed by atoms with E-state index in [1.807, 2.05) is 41.3 Å². The molecule has 150 valence electrons. The van der Waals surface area contributed by atoms with Gasteiger partial charge in [-0.25, -0.2) is 0 Å². The Balaban J connectivity index is 1.71. The third-order valence-corrected chi connectivity index (χ3v) is 5.97. The van der Waals surface area contributed by atoms with Crippen molar-refractivity contribution < 1.29 is 9.52 Å². The third kappa shape index (κ3) is 4.12. The molecule has 2 aromatic heterocycles. The maximum absolute atomic E-state index is 9.30. The number of benzene rings is 1. The van der Waals surface area contributed by atoms with Gasteiger partial charge in [0.25, 0.3) is 0 Å². The first-order valence-electron chi connectivity index (χ1n) is 9.22. The lowest BCUT2D eigenvalue weighted by molar-refractivity contribution is 0.233. The number of hydrogen-bond acceptors (Lipinski definition) is 4. The van der Waals surface area contributed by atoms with Gasteiger partial charge >= 0.3 is 0 Å². The van der Waals surface area contributed by atoms with Gasteiger partial charge in [-0.05, 0) is 61.1 Å². The molecule has 5 nitrogen and oxygen atoms in total. The summed E-state index contributed by atoms with van der Waals surface area (Å²) in [5.41, 5.74) is 1.72. The van der Waals surface area contributed by atoms with Gasteiger partial charge in [0.15, 0.2) is 5.11 Å². The van der Waals surface area contributed by atoms with Crippen LogP contribution in [0.1, 0.15) is 30.0 Å². The van der Waals surface area contributed by atoms with Crippen molar-refractivity contribution in [1.82, 2.24) is 15.2 Å². The molecule has 0 amide bonds. The molecule has 1 aliphatic heterocycles. The molecule has 1 aromatic carbocycles. The van der Waals surface area contributed by atoms with Crippen LogP contribution in [0.4, 0.5) is 0 Å². The zero-order valence-corrected chi connectivity index (χ0v) is 17.7. The highest BCUT2D eigenvalue weighted by atomic mass is 35.5. The van der Waals surface area contributed by atoms with Crippen LogP contribution < -0.4 is 5.32 Å². The molecule has 0 bridgehead atoms. The Kier molecular flexibility index (Phi) is 6.06. The van der Waals surface area contributed by atoms with Crippen molar-refractivity contribution >= 4 is 40.5 Å². The number of hydrogen-bond donors (Lipinski definition) is 2. The van der Waals surface area contributed by atoms with Crippen LogP contribution in [0.5, 0.6) is 0 Å². The third-order valence-electron chi connectivity index (χ3n) is 4.88. The summed E-state index contributed by atoms with van der Waals surface area (Å²) in [5.74, 6) is 1.45. The average molecular weight is 448 g/mol. The van der Waals surface area contributed by atoms with Crippen molar-refractivity contribution in [3.63, 3.8) is 0 Å². The lowest BCUT2D eigenvalue weighted by Gasteiger charge is -2.25. The number of aliphatic hydroxyl groups is 1. The van der Waals surface area contributed by atoms with Gasteiger partial charge in [-0.1, -0.05) is 29.3 Å². The van der Waals surface area contributed by atoms with Gasteiger partial charge in [-0.2, -0.15) is 0 Å². The molecule has 0 saturated carbocycles. The minimum Gasteiger partial charge on any atom is -0.459 e. The molecular formula is C21H19Cl2N3O2S. The minimum atomic E-state index is -0.180. The number of aromatic nitrogens is 1. The summed E-state index contributed by atoms with van der Waals surface area (Å²) in [6.07, 6.45) is 2.37. The molecule has 8 heteroatoms. The maximum atomic E-state index is 9.30. The van der Waals surface area contributed by atoms with E-state index in [1.165, 1.54) is 0 Å². The lowest BCUT2D eigenvalue weighted by Crippen LogP contribution is -2.30. The van der Waals surface area contributed by atoms with E-state index < -0.39 is 0 Å². The summed E-state index contributed by atoms with van der Waals surface area (Å²) in [7, 11) is 0. The van der Waals surface area contributed by atoms with Gasteiger partial charge in [0, 0.05) is 24.9 Å². The van der Waals surface area contributed by atoms with E-state index in [0.29, 0.717) is 33.9 Å². The fourth-order valence-electron chi connectivity index (χ4n) is 3.51. The molecule has 3 heterocycles. The normalized spacial score (nSPS) is 18.9. The molecule has 2 atom stereocenters. The summed E-state index contributed by atoms with van der Waals surface area (Å²) < 4.78 is 6.23. The highest BCUT2D eigenvalue weighted by Crippen LogP contribution is 2.40. The van der Waals surface area contributed by atoms with E-state index in [4.69, 9.17) is 39.8 Å². The molecule has 0 radical (unpaired) electrons. The number of aliphatic hydroxyl groups excluding tert-OH is 1. The highest BCUT2D eigenvalue weighted by molar-refractivity contribution is 7.80. The summed E-state index contributed by atoms with van der Waals surface area (Å²) in [4.78, 5) is 6.54. The summed E-state index contributed by atoms with van der Waals surface area (Å²) >= 11 is 17.8. The zero-order valence-electron chi connectivity index (χ0n) is 15.4.